The van der Waals surface area contributed by atoms with E-state index < -0.39 is 17.6 Å². The molecule has 1 aromatic carbocycles. The van der Waals surface area contributed by atoms with E-state index in [2.05, 4.69) is 17.8 Å². The molecule has 3 rings (SSSR count). The fraction of sp³-hybridized carbons (Fsp3) is 0.278. The van der Waals surface area contributed by atoms with Crippen LogP contribution in [0, 0.1) is 12.8 Å². The number of benzene rings is 1. The van der Waals surface area contributed by atoms with Crippen molar-refractivity contribution in [2.24, 2.45) is 5.84 Å². The lowest BCUT2D eigenvalue weighted by molar-refractivity contribution is -0.139. The Hall–Kier alpha value is -2.72. The molecule has 1 aromatic heterocycles. The first kappa shape index (κ1) is 20.3. The summed E-state index contributed by atoms with van der Waals surface area (Å²) in [4.78, 5) is 3.54. The molecule has 1 aliphatic carbocycles. The van der Waals surface area contributed by atoms with Crippen molar-refractivity contribution in [1.29, 1.82) is 0 Å². The van der Waals surface area contributed by atoms with Gasteiger partial charge in [0.15, 0.2) is 5.82 Å². The number of nitrogens with one attached hydrogen (secondary N) is 1. The predicted octanol–water partition coefficient (Wildman–Crippen LogP) is 4.25. The Morgan fingerprint density at radius 3 is 1.96 bits per heavy atom. The lowest BCUT2D eigenvalue weighted by Gasteiger charge is -2.28. The number of nitrogen functional groups attached to an aromatic ring is 1. The number of hydrazine groups is 1. The van der Waals surface area contributed by atoms with Gasteiger partial charge < -0.3 is 10.2 Å². The van der Waals surface area contributed by atoms with Gasteiger partial charge in [0, 0.05) is 6.20 Å². The molecule has 25 heavy (non-hydrogen) atoms. The Balaban J connectivity index is 0.000000326. The summed E-state index contributed by atoms with van der Waals surface area (Å²) >= 11 is 0. The van der Waals surface area contributed by atoms with Crippen molar-refractivity contribution in [2.75, 3.05) is 5.43 Å². The third kappa shape index (κ3) is 6.36. The van der Waals surface area contributed by atoms with E-state index in [-0.39, 0.29) is 11.9 Å². The zero-order valence-corrected chi connectivity index (χ0v) is 13.5. The topological polar surface area (TPSA) is 60.2 Å². The lowest BCUT2D eigenvalue weighted by Crippen LogP contribution is -2.26. The van der Waals surface area contributed by atoms with Gasteiger partial charge in [-0.15, -0.1) is 12.8 Å². The standard InChI is InChI=1S/C10H12F3N3O.C6H6.C2H2/c11-10(12,13)8-7(17-6-2-1-3-6)4-5-15-9(8)16-14;1-2-4-6-5-3-1;1-2/h4-6H,1-3,14H2,(H,15,16);1-6H;1-2H. The minimum absolute atomic E-state index is 0.135. The van der Waals surface area contributed by atoms with E-state index in [0.29, 0.717) is 0 Å². The van der Waals surface area contributed by atoms with E-state index in [1.807, 2.05) is 41.8 Å². The van der Waals surface area contributed by atoms with Crippen LogP contribution in [0.2, 0.25) is 0 Å². The Kier molecular flexibility index (Phi) is 8.30. The minimum Gasteiger partial charge on any atom is -0.490 e. The number of terminal acetylenes is 1. The molecule has 0 saturated heterocycles. The number of ether oxygens (including phenoxy) is 1. The van der Waals surface area contributed by atoms with Gasteiger partial charge in [0.25, 0.3) is 0 Å². The van der Waals surface area contributed by atoms with Gasteiger partial charge in [-0.3, -0.25) is 0 Å². The summed E-state index contributed by atoms with van der Waals surface area (Å²) in [5, 5.41) is 0. The maximum Gasteiger partial charge on any atom is 0.423 e. The van der Waals surface area contributed by atoms with Gasteiger partial charge in [0.1, 0.15) is 11.3 Å². The Bertz CT molecular complexity index is 614. The normalized spacial score (nSPS) is 13.2. The molecule has 1 saturated carbocycles. The van der Waals surface area contributed by atoms with Gasteiger partial charge in [-0.05, 0) is 25.3 Å². The molecule has 1 heterocycles. The van der Waals surface area contributed by atoms with Gasteiger partial charge in [-0.2, -0.15) is 13.2 Å². The second-order valence-corrected chi connectivity index (χ2v) is 5.00. The number of halogens is 3. The van der Waals surface area contributed by atoms with Gasteiger partial charge >= 0.3 is 6.18 Å². The van der Waals surface area contributed by atoms with Crippen molar-refractivity contribution in [3.63, 3.8) is 0 Å². The number of anilines is 1. The van der Waals surface area contributed by atoms with Crippen LogP contribution in [-0.2, 0) is 6.18 Å². The van der Waals surface area contributed by atoms with Crippen LogP contribution in [-0.4, -0.2) is 11.1 Å². The second-order valence-electron chi connectivity index (χ2n) is 5.00. The van der Waals surface area contributed by atoms with E-state index in [1.54, 1.807) is 0 Å². The maximum absolute atomic E-state index is 12.9. The minimum atomic E-state index is -4.55. The number of rotatable bonds is 3. The van der Waals surface area contributed by atoms with Crippen molar-refractivity contribution in [1.82, 2.24) is 4.98 Å². The summed E-state index contributed by atoms with van der Waals surface area (Å²) in [5.41, 5.74) is 0.991. The van der Waals surface area contributed by atoms with Gasteiger partial charge in [-0.25, -0.2) is 10.8 Å². The van der Waals surface area contributed by atoms with E-state index in [4.69, 9.17) is 10.6 Å². The highest BCUT2D eigenvalue weighted by molar-refractivity contribution is 5.52. The number of pyridine rings is 1. The molecule has 7 heteroatoms. The van der Waals surface area contributed by atoms with E-state index in [9.17, 15) is 13.2 Å². The molecule has 1 aliphatic rings. The number of nitrogens with zero attached hydrogens (tertiary/aromatic N) is 1. The SMILES string of the molecule is C#C.NNc1nccc(OC2CCC2)c1C(F)(F)F.c1ccccc1. The van der Waals surface area contributed by atoms with Crippen LogP contribution in [0.3, 0.4) is 0 Å². The summed E-state index contributed by atoms with van der Waals surface area (Å²) in [7, 11) is 0. The first-order valence-corrected chi connectivity index (χ1v) is 7.55. The summed E-state index contributed by atoms with van der Waals surface area (Å²) in [6.45, 7) is 0. The molecule has 0 spiro atoms. The maximum atomic E-state index is 12.9. The molecule has 4 nitrogen and oxygen atoms in total. The third-order valence-corrected chi connectivity index (χ3v) is 3.35. The highest BCUT2D eigenvalue weighted by atomic mass is 19.4. The average molecular weight is 351 g/mol. The van der Waals surface area contributed by atoms with Crippen molar-refractivity contribution in [3.8, 4) is 18.6 Å². The van der Waals surface area contributed by atoms with Crippen molar-refractivity contribution < 1.29 is 17.9 Å². The molecular weight excluding hydrogens is 331 g/mol. The monoisotopic (exact) mass is 351 g/mol. The lowest BCUT2D eigenvalue weighted by atomic mass is 9.96. The zero-order chi connectivity index (χ0) is 18.7. The first-order valence-electron chi connectivity index (χ1n) is 7.55. The van der Waals surface area contributed by atoms with Crippen LogP contribution in [0.4, 0.5) is 19.0 Å². The van der Waals surface area contributed by atoms with E-state index in [1.165, 1.54) is 12.3 Å². The molecule has 1 fully saturated rings. The van der Waals surface area contributed by atoms with Crippen molar-refractivity contribution in [3.05, 3.63) is 54.2 Å². The van der Waals surface area contributed by atoms with E-state index >= 15 is 0 Å². The molecule has 0 aliphatic heterocycles. The Morgan fingerprint density at radius 1 is 1.08 bits per heavy atom. The van der Waals surface area contributed by atoms with Gasteiger partial charge in [0.05, 0.1) is 6.10 Å². The second kappa shape index (κ2) is 10.2. The first-order chi connectivity index (χ1) is 12.0. The number of nitrogens with two attached hydrogens (primary N) is 1. The summed E-state index contributed by atoms with van der Waals surface area (Å²) < 4.78 is 43.9. The van der Waals surface area contributed by atoms with Crippen LogP contribution in [0.1, 0.15) is 24.8 Å². The molecule has 0 unspecified atom stereocenters. The zero-order valence-electron chi connectivity index (χ0n) is 13.5. The summed E-state index contributed by atoms with van der Waals surface area (Å²) in [6.07, 6.45) is 7.10. The Morgan fingerprint density at radius 2 is 1.60 bits per heavy atom. The molecule has 0 bridgehead atoms. The number of aromatic nitrogens is 1. The molecule has 0 radical (unpaired) electrons. The highest BCUT2D eigenvalue weighted by Gasteiger charge is 2.39. The largest absolute Gasteiger partial charge is 0.490 e. The molecular formula is C18H20F3N3O. The van der Waals surface area contributed by atoms with Crippen LogP contribution in [0.25, 0.3) is 0 Å². The third-order valence-electron chi connectivity index (χ3n) is 3.35. The van der Waals surface area contributed by atoms with Crippen molar-refractivity contribution >= 4 is 5.82 Å². The van der Waals surface area contributed by atoms with Gasteiger partial charge in [-0.1, -0.05) is 36.4 Å². The summed E-state index contributed by atoms with van der Waals surface area (Å²) in [6, 6.07) is 13.2. The molecule has 2 aromatic rings. The fourth-order valence-electron chi connectivity index (χ4n) is 1.98. The summed E-state index contributed by atoms with van der Waals surface area (Å²) in [5.74, 6) is 4.39. The predicted molar refractivity (Wildman–Crippen MR) is 91.6 cm³/mol. The number of hydrogen-bond donors (Lipinski definition) is 2. The van der Waals surface area contributed by atoms with E-state index in [0.717, 1.165) is 19.3 Å². The molecule has 0 amide bonds. The fourth-order valence-corrected chi connectivity index (χ4v) is 1.98. The van der Waals surface area contributed by atoms with Crippen molar-refractivity contribution in [2.45, 2.75) is 31.5 Å². The smallest absolute Gasteiger partial charge is 0.423 e. The van der Waals surface area contributed by atoms with Crippen LogP contribution >= 0.6 is 0 Å². The van der Waals surface area contributed by atoms with Crippen LogP contribution < -0.4 is 16.0 Å². The molecule has 0 atom stereocenters. The van der Waals surface area contributed by atoms with Gasteiger partial charge in [0.2, 0.25) is 0 Å². The average Bonchev–Trinajstić information content (AvgIpc) is 2.60. The molecule has 3 N–H and O–H groups in total. The quantitative estimate of drug-likeness (QED) is 0.493. The Labute approximate surface area is 145 Å². The highest BCUT2D eigenvalue weighted by Crippen LogP contribution is 2.41. The number of hydrogen-bond acceptors (Lipinski definition) is 4. The number of alkyl halides is 3. The van der Waals surface area contributed by atoms with Crippen LogP contribution in [0.15, 0.2) is 48.7 Å². The molecule has 134 valence electrons. The van der Waals surface area contributed by atoms with Crippen LogP contribution in [0.5, 0.6) is 5.75 Å².